The molecule has 2 aromatic rings. The van der Waals surface area contributed by atoms with Crippen molar-refractivity contribution in [1.82, 2.24) is 0 Å². The van der Waals surface area contributed by atoms with Crippen molar-refractivity contribution < 1.29 is 5.11 Å². The molecule has 0 bridgehead atoms. The Labute approximate surface area is 196 Å². The molecule has 0 radical (unpaired) electrons. The van der Waals surface area contributed by atoms with Crippen molar-refractivity contribution >= 4 is 6.21 Å². The van der Waals surface area contributed by atoms with Gasteiger partial charge in [0.1, 0.15) is 5.75 Å². The van der Waals surface area contributed by atoms with Crippen LogP contribution in [-0.4, -0.2) is 17.4 Å². The van der Waals surface area contributed by atoms with Gasteiger partial charge in [0, 0.05) is 17.8 Å². The van der Waals surface area contributed by atoms with E-state index in [0.717, 1.165) is 35.1 Å². The van der Waals surface area contributed by atoms with Crippen molar-refractivity contribution in [1.29, 1.82) is 0 Å². The molecule has 2 aromatic carbocycles. The fourth-order valence-corrected chi connectivity index (χ4v) is 5.11. The Hall–Kier alpha value is -2.09. The second kappa shape index (κ2) is 13.5. The molecule has 0 aliphatic heterocycles. The molecule has 0 heterocycles. The predicted octanol–water partition coefficient (Wildman–Crippen LogP) is 9.05. The lowest BCUT2D eigenvalue weighted by Crippen LogP contribution is -2.05. The van der Waals surface area contributed by atoms with Crippen LogP contribution in [0.4, 0.5) is 0 Å². The third-order valence-electron chi connectivity index (χ3n) is 7.24. The molecule has 1 saturated carbocycles. The molecule has 0 saturated heterocycles. The molecule has 2 nitrogen and oxygen atoms in total. The van der Waals surface area contributed by atoms with Gasteiger partial charge in [-0.1, -0.05) is 114 Å². The number of phenols is 1. The highest BCUT2D eigenvalue weighted by Gasteiger charge is 2.20. The number of phenolic OH excluding ortho intramolecular Hbond substituents is 1. The fourth-order valence-electron chi connectivity index (χ4n) is 5.11. The molecule has 32 heavy (non-hydrogen) atoms. The minimum Gasteiger partial charge on any atom is -0.507 e. The highest BCUT2D eigenvalue weighted by Crippen LogP contribution is 2.39. The van der Waals surface area contributed by atoms with Gasteiger partial charge in [0.25, 0.3) is 0 Å². The van der Waals surface area contributed by atoms with Crippen LogP contribution < -0.4 is 0 Å². The lowest BCUT2D eigenvalue weighted by molar-refractivity contribution is 0.432. The van der Waals surface area contributed by atoms with Crippen LogP contribution in [0.25, 0.3) is 11.1 Å². The van der Waals surface area contributed by atoms with Crippen molar-refractivity contribution in [3.63, 3.8) is 0 Å². The summed E-state index contributed by atoms with van der Waals surface area (Å²) in [5.74, 6) is 0.901. The minimum absolute atomic E-state index is 0.308. The van der Waals surface area contributed by atoms with Crippen LogP contribution in [0.3, 0.4) is 0 Å². The van der Waals surface area contributed by atoms with Crippen molar-refractivity contribution in [2.24, 2.45) is 4.99 Å². The van der Waals surface area contributed by atoms with Crippen LogP contribution in [0.1, 0.15) is 114 Å². The average Bonchev–Trinajstić information content (AvgIpc) is 2.82. The predicted molar refractivity (Wildman–Crippen MR) is 139 cm³/mol. The van der Waals surface area contributed by atoms with E-state index in [4.69, 9.17) is 4.99 Å². The highest BCUT2D eigenvalue weighted by molar-refractivity contribution is 5.94. The summed E-state index contributed by atoms with van der Waals surface area (Å²) in [5, 5.41) is 11.5. The van der Waals surface area contributed by atoms with Gasteiger partial charge in [0.2, 0.25) is 0 Å². The fraction of sp³-hybridized carbons (Fsp3) is 0.567. The zero-order valence-corrected chi connectivity index (χ0v) is 20.4. The molecular weight excluding hydrogens is 390 g/mol. The molecule has 1 fully saturated rings. The van der Waals surface area contributed by atoms with E-state index in [2.05, 4.69) is 50.2 Å². The molecule has 1 aliphatic carbocycles. The van der Waals surface area contributed by atoms with E-state index in [0.29, 0.717) is 17.7 Å². The number of aliphatic imine (C=N–C) groups is 1. The van der Waals surface area contributed by atoms with E-state index >= 15 is 0 Å². The van der Waals surface area contributed by atoms with Gasteiger partial charge < -0.3 is 5.11 Å². The van der Waals surface area contributed by atoms with Crippen molar-refractivity contribution in [3.8, 4) is 16.9 Å². The van der Waals surface area contributed by atoms with Crippen LogP contribution >= 0.6 is 0 Å². The summed E-state index contributed by atoms with van der Waals surface area (Å²) >= 11 is 0. The summed E-state index contributed by atoms with van der Waals surface area (Å²) in [6.07, 6.45) is 18.4. The van der Waals surface area contributed by atoms with Gasteiger partial charge in [-0.25, -0.2) is 0 Å². The Morgan fingerprint density at radius 3 is 1.94 bits per heavy atom. The Bertz CT molecular complexity index is 810. The summed E-state index contributed by atoms with van der Waals surface area (Å²) < 4.78 is 0. The third-order valence-corrected chi connectivity index (χ3v) is 7.24. The Morgan fingerprint density at radius 1 is 0.812 bits per heavy atom. The lowest BCUT2D eigenvalue weighted by Gasteiger charge is -2.22. The second-order valence-electron chi connectivity index (χ2n) is 9.54. The van der Waals surface area contributed by atoms with Gasteiger partial charge in [-0.05, 0) is 48.3 Å². The van der Waals surface area contributed by atoms with Crippen molar-refractivity contribution in [2.75, 3.05) is 0 Å². The monoisotopic (exact) mass is 433 g/mol. The number of rotatable bonds is 6. The first kappa shape index (κ1) is 24.6. The molecule has 0 spiro atoms. The third kappa shape index (κ3) is 6.95. The SMILES string of the molecule is CCC(CC)N=Cc1c(-c2ccccc2)ccc(C2CCCCCCCCCCC2)c1O. The Balaban J connectivity index is 1.95. The maximum absolute atomic E-state index is 11.5. The summed E-state index contributed by atoms with van der Waals surface area (Å²) in [6, 6.07) is 15.1. The number of hydrogen-bond donors (Lipinski definition) is 1. The van der Waals surface area contributed by atoms with Crippen LogP contribution in [0.2, 0.25) is 0 Å². The van der Waals surface area contributed by atoms with Gasteiger partial charge in [-0.15, -0.1) is 0 Å². The van der Waals surface area contributed by atoms with Gasteiger partial charge in [0.05, 0.1) is 0 Å². The average molecular weight is 434 g/mol. The van der Waals surface area contributed by atoms with E-state index < -0.39 is 0 Å². The largest absolute Gasteiger partial charge is 0.507 e. The molecule has 1 N–H and O–H groups in total. The highest BCUT2D eigenvalue weighted by atomic mass is 16.3. The van der Waals surface area contributed by atoms with Gasteiger partial charge in [-0.3, -0.25) is 4.99 Å². The Morgan fingerprint density at radius 2 is 1.38 bits per heavy atom. The van der Waals surface area contributed by atoms with E-state index in [-0.39, 0.29) is 0 Å². The molecule has 2 heteroatoms. The molecule has 0 amide bonds. The maximum Gasteiger partial charge on any atom is 0.128 e. The standard InChI is InChI=1S/C30H43NO/c1-3-26(4-2)31-23-29-27(24-17-15-12-16-18-24)21-22-28(30(29)32)25-19-13-10-8-6-5-7-9-11-14-20-25/h12,15-18,21-23,25-26,32H,3-11,13-14,19-20H2,1-2H3. The summed E-state index contributed by atoms with van der Waals surface area (Å²) in [5.41, 5.74) is 4.24. The zero-order chi connectivity index (χ0) is 22.6. The first-order valence-corrected chi connectivity index (χ1v) is 13.2. The smallest absolute Gasteiger partial charge is 0.128 e. The van der Waals surface area contributed by atoms with Crippen LogP contribution in [0.15, 0.2) is 47.5 Å². The van der Waals surface area contributed by atoms with Crippen LogP contribution in [0.5, 0.6) is 5.75 Å². The minimum atomic E-state index is 0.308. The number of nitrogens with zero attached hydrogens (tertiary/aromatic N) is 1. The van der Waals surface area contributed by atoms with Crippen LogP contribution in [-0.2, 0) is 0 Å². The first-order chi connectivity index (χ1) is 15.7. The molecule has 1 aliphatic rings. The molecule has 3 rings (SSSR count). The number of benzene rings is 2. The van der Waals surface area contributed by atoms with E-state index in [1.807, 2.05) is 12.3 Å². The van der Waals surface area contributed by atoms with Crippen molar-refractivity contribution in [3.05, 3.63) is 53.6 Å². The molecule has 0 atom stereocenters. The normalized spacial score (nSPS) is 17.3. The maximum atomic E-state index is 11.5. The van der Waals surface area contributed by atoms with E-state index in [9.17, 15) is 5.11 Å². The van der Waals surface area contributed by atoms with Crippen LogP contribution in [0, 0.1) is 0 Å². The van der Waals surface area contributed by atoms with E-state index in [1.54, 1.807) is 0 Å². The lowest BCUT2D eigenvalue weighted by atomic mass is 9.84. The number of aromatic hydroxyl groups is 1. The summed E-state index contributed by atoms with van der Waals surface area (Å²) in [4.78, 5) is 4.86. The van der Waals surface area contributed by atoms with Gasteiger partial charge in [0.15, 0.2) is 0 Å². The number of hydrogen-bond acceptors (Lipinski definition) is 2. The van der Waals surface area contributed by atoms with E-state index in [1.165, 1.54) is 70.6 Å². The first-order valence-electron chi connectivity index (χ1n) is 13.2. The molecule has 174 valence electrons. The van der Waals surface area contributed by atoms with Gasteiger partial charge >= 0.3 is 0 Å². The molecule has 0 unspecified atom stereocenters. The topological polar surface area (TPSA) is 32.6 Å². The molecular formula is C30H43NO. The second-order valence-corrected chi connectivity index (χ2v) is 9.54. The Kier molecular flexibility index (Phi) is 10.3. The summed E-state index contributed by atoms with van der Waals surface area (Å²) in [6.45, 7) is 4.37. The summed E-state index contributed by atoms with van der Waals surface area (Å²) in [7, 11) is 0. The zero-order valence-electron chi connectivity index (χ0n) is 20.4. The van der Waals surface area contributed by atoms with Crippen molar-refractivity contribution in [2.45, 2.75) is 109 Å². The molecule has 0 aromatic heterocycles. The quantitative estimate of drug-likeness (QED) is 0.453. The van der Waals surface area contributed by atoms with Gasteiger partial charge in [-0.2, -0.15) is 0 Å².